The number of carbonyl (C=O) groups excluding carboxylic acids is 3. The van der Waals surface area contributed by atoms with Crippen molar-refractivity contribution in [3.05, 3.63) is 64.1 Å². The SMILES string of the molecule is Cc1ccc(=O)n(CC(=O)Nc2ccc(C(=O)NC(CCC(N)=O)C(=O)O)cc2)c1. The van der Waals surface area contributed by atoms with E-state index in [9.17, 15) is 24.0 Å². The summed E-state index contributed by atoms with van der Waals surface area (Å²) in [5.41, 5.74) is 6.13. The van der Waals surface area contributed by atoms with Gasteiger partial charge in [0.25, 0.3) is 11.5 Å². The van der Waals surface area contributed by atoms with Gasteiger partial charge in [0, 0.05) is 29.9 Å². The molecule has 0 aliphatic heterocycles. The summed E-state index contributed by atoms with van der Waals surface area (Å²) in [4.78, 5) is 58.2. The van der Waals surface area contributed by atoms with E-state index in [1.165, 1.54) is 34.9 Å². The second-order valence-electron chi connectivity index (χ2n) is 6.67. The Morgan fingerprint density at radius 1 is 1.10 bits per heavy atom. The molecule has 1 unspecified atom stereocenters. The summed E-state index contributed by atoms with van der Waals surface area (Å²) in [5.74, 6) is -3.00. The van der Waals surface area contributed by atoms with Gasteiger partial charge in [0.15, 0.2) is 0 Å². The van der Waals surface area contributed by atoms with Gasteiger partial charge in [-0.2, -0.15) is 0 Å². The summed E-state index contributed by atoms with van der Waals surface area (Å²) in [6, 6.07) is 7.56. The first kappa shape index (κ1) is 22.3. The second-order valence-corrected chi connectivity index (χ2v) is 6.67. The van der Waals surface area contributed by atoms with Crippen LogP contribution in [0.5, 0.6) is 0 Å². The zero-order valence-electron chi connectivity index (χ0n) is 16.3. The van der Waals surface area contributed by atoms with Gasteiger partial charge in [-0.15, -0.1) is 0 Å². The van der Waals surface area contributed by atoms with Crippen LogP contribution in [0.15, 0.2) is 47.4 Å². The molecule has 158 valence electrons. The number of carboxylic acids is 1. The highest BCUT2D eigenvalue weighted by Crippen LogP contribution is 2.10. The number of aliphatic carboxylic acids is 1. The smallest absolute Gasteiger partial charge is 0.326 e. The Kier molecular flexibility index (Phi) is 7.45. The van der Waals surface area contributed by atoms with E-state index in [1.807, 2.05) is 0 Å². The molecule has 30 heavy (non-hydrogen) atoms. The molecule has 3 amide bonds. The van der Waals surface area contributed by atoms with Gasteiger partial charge in [-0.25, -0.2) is 4.79 Å². The predicted octanol–water partition coefficient (Wildman–Crippen LogP) is 0.244. The van der Waals surface area contributed by atoms with Gasteiger partial charge >= 0.3 is 5.97 Å². The Hall–Kier alpha value is -3.95. The van der Waals surface area contributed by atoms with E-state index in [2.05, 4.69) is 10.6 Å². The van der Waals surface area contributed by atoms with Crippen molar-refractivity contribution in [1.29, 1.82) is 0 Å². The molecule has 0 saturated heterocycles. The lowest BCUT2D eigenvalue weighted by Crippen LogP contribution is -2.41. The van der Waals surface area contributed by atoms with Crippen molar-refractivity contribution in [2.24, 2.45) is 5.73 Å². The molecule has 0 aliphatic carbocycles. The third-order valence-electron chi connectivity index (χ3n) is 4.16. The maximum Gasteiger partial charge on any atom is 0.326 e. The summed E-state index contributed by atoms with van der Waals surface area (Å²) in [5, 5.41) is 14.1. The minimum Gasteiger partial charge on any atom is -0.480 e. The quantitative estimate of drug-likeness (QED) is 0.460. The fraction of sp³-hybridized carbons (Fsp3) is 0.250. The Morgan fingerprint density at radius 2 is 1.77 bits per heavy atom. The number of aromatic nitrogens is 1. The third kappa shape index (κ3) is 6.59. The standard InChI is InChI=1S/C20H22N4O6/c1-12-2-9-18(27)24(10-12)11-17(26)22-14-5-3-13(4-6-14)19(28)23-15(20(29)30)7-8-16(21)25/h2-6,9-10,15H,7-8,11H2,1H3,(H2,21,25)(H,22,26)(H,23,28)(H,29,30). The van der Waals surface area contributed by atoms with Gasteiger partial charge in [-0.3, -0.25) is 19.2 Å². The minimum absolute atomic E-state index is 0.122. The number of nitrogens with one attached hydrogen (secondary N) is 2. The van der Waals surface area contributed by atoms with Crippen molar-refractivity contribution in [1.82, 2.24) is 9.88 Å². The van der Waals surface area contributed by atoms with E-state index >= 15 is 0 Å². The average Bonchev–Trinajstić information content (AvgIpc) is 2.68. The van der Waals surface area contributed by atoms with Crippen molar-refractivity contribution in [3.8, 4) is 0 Å². The van der Waals surface area contributed by atoms with Crippen LogP contribution < -0.4 is 21.9 Å². The maximum absolute atomic E-state index is 12.2. The highest BCUT2D eigenvalue weighted by molar-refractivity contribution is 5.97. The highest BCUT2D eigenvalue weighted by Gasteiger charge is 2.21. The first-order valence-electron chi connectivity index (χ1n) is 9.04. The molecule has 0 radical (unpaired) electrons. The van der Waals surface area contributed by atoms with E-state index in [1.54, 1.807) is 19.2 Å². The Morgan fingerprint density at radius 3 is 2.37 bits per heavy atom. The van der Waals surface area contributed by atoms with Crippen LogP contribution in [0.4, 0.5) is 5.69 Å². The third-order valence-corrected chi connectivity index (χ3v) is 4.16. The molecule has 0 aliphatic rings. The number of amides is 3. The van der Waals surface area contributed by atoms with E-state index in [0.717, 1.165) is 5.56 Å². The van der Waals surface area contributed by atoms with Crippen LogP contribution >= 0.6 is 0 Å². The van der Waals surface area contributed by atoms with E-state index in [-0.39, 0.29) is 30.5 Å². The summed E-state index contributed by atoms with van der Waals surface area (Å²) in [6.45, 7) is 1.64. The molecule has 0 fully saturated rings. The Labute approximate surface area is 171 Å². The van der Waals surface area contributed by atoms with Gasteiger partial charge < -0.3 is 26.0 Å². The molecule has 2 rings (SSSR count). The molecule has 5 N–H and O–H groups in total. The van der Waals surface area contributed by atoms with Crippen molar-refractivity contribution in [2.75, 3.05) is 5.32 Å². The zero-order chi connectivity index (χ0) is 22.3. The van der Waals surface area contributed by atoms with Gasteiger partial charge in [-0.05, 0) is 43.2 Å². The van der Waals surface area contributed by atoms with Crippen molar-refractivity contribution >= 4 is 29.4 Å². The van der Waals surface area contributed by atoms with Gasteiger partial charge in [-0.1, -0.05) is 6.07 Å². The number of carboxylic acid groups (broad SMARTS) is 1. The van der Waals surface area contributed by atoms with Crippen molar-refractivity contribution < 1.29 is 24.3 Å². The summed E-state index contributed by atoms with van der Waals surface area (Å²) in [6.07, 6.45) is 1.28. The first-order valence-corrected chi connectivity index (χ1v) is 9.04. The number of nitrogens with two attached hydrogens (primary N) is 1. The minimum atomic E-state index is -1.28. The number of rotatable bonds is 9. The first-order chi connectivity index (χ1) is 14.2. The highest BCUT2D eigenvalue weighted by atomic mass is 16.4. The summed E-state index contributed by atoms with van der Waals surface area (Å²) >= 11 is 0. The maximum atomic E-state index is 12.2. The number of hydrogen-bond donors (Lipinski definition) is 4. The molecule has 1 aromatic heterocycles. The fourth-order valence-electron chi connectivity index (χ4n) is 2.62. The van der Waals surface area contributed by atoms with Gasteiger partial charge in [0.1, 0.15) is 12.6 Å². The Bertz CT molecular complexity index is 1010. The number of benzene rings is 1. The van der Waals surface area contributed by atoms with Crippen molar-refractivity contribution in [2.45, 2.75) is 32.4 Å². The molecule has 2 aromatic rings. The van der Waals surface area contributed by atoms with Gasteiger partial charge in [0.2, 0.25) is 11.8 Å². The molecule has 1 heterocycles. The molecule has 0 bridgehead atoms. The van der Waals surface area contributed by atoms with Gasteiger partial charge in [0.05, 0.1) is 0 Å². The topological polar surface area (TPSA) is 161 Å². The van der Waals surface area contributed by atoms with Crippen LogP contribution in [0.3, 0.4) is 0 Å². The summed E-state index contributed by atoms with van der Waals surface area (Å²) in [7, 11) is 0. The Balaban J connectivity index is 1.98. The molecule has 0 spiro atoms. The lowest BCUT2D eigenvalue weighted by atomic mass is 10.1. The van der Waals surface area contributed by atoms with E-state index < -0.39 is 29.7 Å². The van der Waals surface area contributed by atoms with Crippen LogP contribution in [-0.4, -0.2) is 39.4 Å². The average molecular weight is 414 g/mol. The predicted molar refractivity (Wildman–Crippen MR) is 108 cm³/mol. The molecule has 10 nitrogen and oxygen atoms in total. The lowest BCUT2D eigenvalue weighted by Gasteiger charge is -2.14. The van der Waals surface area contributed by atoms with Crippen LogP contribution in [0, 0.1) is 6.92 Å². The van der Waals surface area contributed by atoms with Crippen LogP contribution in [0.2, 0.25) is 0 Å². The fourth-order valence-corrected chi connectivity index (χ4v) is 2.62. The number of hydrogen-bond acceptors (Lipinski definition) is 5. The number of primary amides is 1. The second kappa shape index (κ2) is 10.0. The van der Waals surface area contributed by atoms with Crippen LogP contribution in [-0.2, 0) is 20.9 Å². The number of nitrogens with zero attached hydrogens (tertiary/aromatic N) is 1. The largest absolute Gasteiger partial charge is 0.480 e. The molecular weight excluding hydrogens is 392 g/mol. The summed E-state index contributed by atoms with van der Waals surface area (Å²) < 4.78 is 1.28. The number of aryl methyl sites for hydroxylation is 1. The van der Waals surface area contributed by atoms with Crippen LogP contribution in [0.25, 0.3) is 0 Å². The number of pyridine rings is 1. The van der Waals surface area contributed by atoms with E-state index in [4.69, 9.17) is 10.8 Å². The molecule has 10 heteroatoms. The van der Waals surface area contributed by atoms with Crippen molar-refractivity contribution in [3.63, 3.8) is 0 Å². The molecular formula is C20H22N4O6. The normalized spacial score (nSPS) is 11.4. The molecule has 1 atom stereocenters. The number of carbonyl (C=O) groups is 4. The van der Waals surface area contributed by atoms with E-state index in [0.29, 0.717) is 5.69 Å². The van der Waals surface area contributed by atoms with Crippen LogP contribution in [0.1, 0.15) is 28.8 Å². The molecule has 1 aromatic carbocycles. The molecule has 0 saturated carbocycles. The monoisotopic (exact) mass is 414 g/mol. The lowest BCUT2D eigenvalue weighted by molar-refractivity contribution is -0.139. The zero-order valence-corrected chi connectivity index (χ0v) is 16.3. The number of anilines is 1.